The molecule has 1 amide bonds. The molecule has 4 rings (SSSR count). The van der Waals surface area contributed by atoms with Crippen molar-refractivity contribution in [2.75, 3.05) is 30.1 Å². The fourth-order valence-electron chi connectivity index (χ4n) is 3.74. The number of amides is 1. The van der Waals surface area contributed by atoms with Gasteiger partial charge in [0.15, 0.2) is 6.10 Å². The molecule has 1 unspecified atom stereocenters. The van der Waals surface area contributed by atoms with Gasteiger partial charge in [-0.05, 0) is 60.2 Å². The lowest BCUT2D eigenvalue weighted by Crippen LogP contribution is -2.32. The van der Waals surface area contributed by atoms with Crippen molar-refractivity contribution in [3.05, 3.63) is 78.4 Å². The van der Waals surface area contributed by atoms with Gasteiger partial charge in [0, 0.05) is 24.4 Å². The second-order valence-corrected chi connectivity index (χ2v) is 8.55. The van der Waals surface area contributed by atoms with Crippen molar-refractivity contribution in [2.24, 2.45) is 0 Å². The molecule has 31 heavy (non-hydrogen) atoms. The van der Waals surface area contributed by atoms with Gasteiger partial charge in [0.05, 0.1) is 6.61 Å². The maximum atomic E-state index is 13.0. The first-order valence-electron chi connectivity index (χ1n) is 10.5. The minimum Gasteiger partial charge on any atom is -0.492 e. The van der Waals surface area contributed by atoms with Gasteiger partial charge in [-0.25, -0.2) is 0 Å². The zero-order chi connectivity index (χ0) is 21.6. The second kappa shape index (κ2) is 9.92. The molecule has 0 N–H and O–H groups in total. The van der Waals surface area contributed by atoms with Crippen LogP contribution in [-0.4, -0.2) is 37.2 Å². The van der Waals surface area contributed by atoms with Crippen molar-refractivity contribution in [1.29, 1.82) is 0 Å². The van der Waals surface area contributed by atoms with Crippen molar-refractivity contribution in [2.45, 2.75) is 19.4 Å². The molecule has 4 nitrogen and oxygen atoms in total. The summed E-state index contributed by atoms with van der Waals surface area (Å²) in [5.74, 6) is 2.55. The first kappa shape index (κ1) is 21.3. The van der Waals surface area contributed by atoms with Crippen LogP contribution in [0.5, 0.6) is 11.5 Å². The van der Waals surface area contributed by atoms with Gasteiger partial charge in [-0.3, -0.25) is 4.79 Å². The fraction of sp³-hybridized carbons (Fsp3) is 0.269. The molecule has 0 spiro atoms. The predicted molar refractivity (Wildman–Crippen MR) is 128 cm³/mol. The Morgan fingerprint density at radius 1 is 1.00 bits per heavy atom. The van der Waals surface area contributed by atoms with E-state index in [1.54, 1.807) is 11.8 Å². The fourth-order valence-corrected chi connectivity index (χ4v) is 3.99. The Labute approximate surface area is 188 Å². The van der Waals surface area contributed by atoms with Crippen molar-refractivity contribution in [1.82, 2.24) is 0 Å². The number of carbonyl (C=O) groups excluding carboxylic acids is 1. The molecular formula is C26H27NO3S. The highest BCUT2D eigenvalue weighted by Gasteiger charge is 2.34. The third-order valence-corrected chi connectivity index (χ3v) is 5.99. The predicted octanol–water partition coefficient (Wildman–Crippen LogP) is 5.59. The van der Waals surface area contributed by atoms with E-state index in [1.165, 1.54) is 0 Å². The Balaban J connectivity index is 1.39. The summed E-state index contributed by atoms with van der Waals surface area (Å²) in [7, 11) is 0. The standard InChI is InChI=1S/C26H27NO3S/c1-19-18-22(10-13-24(19)29-16-17-31-2)27-15-14-25(26(27)28)30-23-11-8-21(9-12-23)20-6-4-3-5-7-20/h3-13,18,25H,14-17H2,1-2H3. The number of anilines is 1. The summed E-state index contributed by atoms with van der Waals surface area (Å²) in [6.07, 6.45) is 2.28. The van der Waals surface area contributed by atoms with Crippen LogP contribution in [0.3, 0.4) is 0 Å². The highest BCUT2D eigenvalue weighted by molar-refractivity contribution is 7.98. The summed E-state index contributed by atoms with van der Waals surface area (Å²) >= 11 is 1.76. The highest BCUT2D eigenvalue weighted by Crippen LogP contribution is 2.30. The molecule has 5 heteroatoms. The maximum absolute atomic E-state index is 13.0. The normalized spacial score (nSPS) is 15.9. The van der Waals surface area contributed by atoms with E-state index in [9.17, 15) is 4.79 Å². The average Bonchev–Trinajstić information content (AvgIpc) is 3.16. The van der Waals surface area contributed by atoms with Crippen LogP contribution in [0.4, 0.5) is 5.69 Å². The largest absolute Gasteiger partial charge is 0.492 e. The lowest BCUT2D eigenvalue weighted by atomic mass is 10.1. The van der Waals surface area contributed by atoms with Gasteiger partial charge in [0.25, 0.3) is 5.91 Å². The van der Waals surface area contributed by atoms with Crippen molar-refractivity contribution >= 4 is 23.4 Å². The zero-order valence-corrected chi connectivity index (χ0v) is 18.7. The van der Waals surface area contributed by atoms with Crippen LogP contribution >= 0.6 is 11.8 Å². The molecule has 3 aromatic rings. The Morgan fingerprint density at radius 3 is 2.45 bits per heavy atom. The smallest absolute Gasteiger partial charge is 0.268 e. The van der Waals surface area contributed by atoms with E-state index in [1.807, 2.05) is 72.5 Å². The summed E-state index contributed by atoms with van der Waals surface area (Å²) in [4.78, 5) is 14.8. The molecule has 1 atom stereocenters. The molecule has 1 heterocycles. The zero-order valence-electron chi connectivity index (χ0n) is 17.9. The topological polar surface area (TPSA) is 38.8 Å². The number of ether oxygens (including phenoxy) is 2. The number of nitrogens with zero attached hydrogens (tertiary/aromatic N) is 1. The number of thioether (sulfide) groups is 1. The van der Waals surface area contributed by atoms with Gasteiger partial charge in [0.1, 0.15) is 11.5 Å². The van der Waals surface area contributed by atoms with Crippen LogP contribution < -0.4 is 14.4 Å². The molecular weight excluding hydrogens is 406 g/mol. The van der Waals surface area contributed by atoms with Crippen LogP contribution in [0.25, 0.3) is 11.1 Å². The van der Waals surface area contributed by atoms with Crippen molar-refractivity contribution in [3.63, 3.8) is 0 Å². The molecule has 0 bridgehead atoms. The molecule has 0 saturated carbocycles. The third kappa shape index (κ3) is 5.05. The van der Waals surface area contributed by atoms with Crippen LogP contribution in [0.15, 0.2) is 72.8 Å². The monoisotopic (exact) mass is 433 g/mol. The summed E-state index contributed by atoms with van der Waals surface area (Å²) in [6, 6.07) is 24.1. The van der Waals surface area contributed by atoms with Gasteiger partial charge in [-0.2, -0.15) is 11.8 Å². The van der Waals surface area contributed by atoms with E-state index in [4.69, 9.17) is 9.47 Å². The number of hydrogen-bond acceptors (Lipinski definition) is 4. The number of carbonyl (C=O) groups is 1. The lowest BCUT2D eigenvalue weighted by Gasteiger charge is -2.19. The summed E-state index contributed by atoms with van der Waals surface area (Å²) < 4.78 is 11.8. The first-order chi connectivity index (χ1) is 15.2. The van der Waals surface area contributed by atoms with E-state index in [2.05, 4.69) is 18.4 Å². The van der Waals surface area contributed by atoms with Crippen LogP contribution in [0.1, 0.15) is 12.0 Å². The summed E-state index contributed by atoms with van der Waals surface area (Å²) in [6.45, 7) is 3.35. The van der Waals surface area contributed by atoms with Crippen molar-refractivity contribution in [3.8, 4) is 22.6 Å². The Bertz CT molecular complexity index is 1020. The van der Waals surface area contributed by atoms with Gasteiger partial charge in [-0.15, -0.1) is 0 Å². The van der Waals surface area contributed by atoms with Crippen molar-refractivity contribution < 1.29 is 14.3 Å². The molecule has 160 valence electrons. The molecule has 3 aromatic carbocycles. The number of benzene rings is 3. The first-order valence-corrected chi connectivity index (χ1v) is 11.9. The van der Waals surface area contributed by atoms with E-state index in [-0.39, 0.29) is 5.91 Å². The SMILES string of the molecule is CSCCOc1ccc(N2CCC(Oc3ccc(-c4ccccc4)cc3)C2=O)cc1C. The van der Waals surface area contributed by atoms with Crippen LogP contribution in [-0.2, 0) is 4.79 Å². The van der Waals surface area contributed by atoms with E-state index in [0.717, 1.165) is 33.9 Å². The molecule has 1 aliphatic rings. The molecule has 1 aliphatic heterocycles. The van der Waals surface area contributed by atoms with Gasteiger partial charge in [-0.1, -0.05) is 42.5 Å². The minimum atomic E-state index is -0.458. The van der Waals surface area contributed by atoms with Crippen LogP contribution in [0, 0.1) is 6.92 Å². The molecule has 0 aromatic heterocycles. The van der Waals surface area contributed by atoms with Gasteiger partial charge < -0.3 is 14.4 Å². The van der Waals surface area contributed by atoms with E-state index < -0.39 is 6.10 Å². The lowest BCUT2D eigenvalue weighted by molar-refractivity contribution is -0.122. The Hall–Kier alpha value is -2.92. The number of hydrogen-bond donors (Lipinski definition) is 0. The minimum absolute atomic E-state index is 0.00240. The third-order valence-electron chi connectivity index (χ3n) is 5.41. The number of aryl methyl sites for hydroxylation is 1. The number of rotatable bonds is 8. The summed E-state index contributed by atoms with van der Waals surface area (Å²) in [5.41, 5.74) is 4.22. The molecule has 1 fully saturated rings. The second-order valence-electron chi connectivity index (χ2n) is 7.57. The highest BCUT2D eigenvalue weighted by atomic mass is 32.2. The maximum Gasteiger partial charge on any atom is 0.268 e. The van der Waals surface area contributed by atoms with Gasteiger partial charge >= 0.3 is 0 Å². The average molecular weight is 434 g/mol. The molecule has 0 radical (unpaired) electrons. The molecule has 1 saturated heterocycles. The Kier molecular flexibility index (Phi) is 6.82. The van der Waals surface area contributed by atoms with E-state index in [0.29, 0.717) is 25.3 Å². The van der Waals surface area contributed by atoms with E-state index >= 15 is 0 Å². The van der Waals surface area contributed by atoms with Crippen LogP contribution in [0.2, 0.25) is 0 Å². The quantitative estimate of drug-likeness (QED) is 0.434. The Morgan fingerprint density at radius 2 is 1.74 bits per heavy atom. The van der Waals surface area contributed by atoms with Gasteiger partial charge in [0.2, 0.25) is 0 Å². The summed E-state index contributed by atoms with van der Waals surface area (Å²) in [5, 5.41) is 0. The molecule has 0 aliphatic carbocycles.